The molecule has 0 bridgehead atoms. The summed E-state index contributed by atoms with van der Waals surface area (Å²) < 4.78 is 39.5. The molecule has 4 nitrogen and oxygen atoms in total. The number of benzene rings is 1. The van der Waals surface area contributed by atoms with Gasteiger partial charge >= 0.3 is 0 Å². The smallest absolute Gasteiger partial charge is 0.243 e. The molecule has 108 valence electrons. The standard InChI is InChI=1S/C12H17FN2O2S.ClH/c1-8-5-10(13)6-9(2)12(8)18(16,17)15-4-3-11(14)7-15;/h5-6,11H,3-4,7,14H2,1-2H3;1H. The molecule has 1 aliphatic heterocycles. The zero-order valence-electron chi connectivity index (χ0n) is 10.9. The van der Waals surface area contributed by atoms with Crippen LogP contribution in [0.2, 0.25) is 0 Å². The van der Waals surface area contributed by atoms with E-state index in [2.05, 4.69) is 0 Å². The molecule has 2 N–H and O–H groups in total. The first-order valence-electron chi connectivity index (χ1n) is 5.85. The van der Waals surface area contributed by atoms with Crippen molar-refractivity contribution in [3.8, 4) is 0 Å². The molecule has 1 saturated heterocycles. The van der Waals surface area contributed by atoms with Crippen LogP contribution in [0, 0.1) is 19.7 Å². The maximum Gasteiger partial charge on any atom is 0.243 e. The van der Waals surface area contributed by atoms with Gasteiger partial charge in [0.1, 0.15) is 5.82 Å². The summed E-state index contributed by atoms with van der Waals surface area (Å²) in [4.78, 5) is 0.206. The van der Waals surface area contributed by atoms with Gasteiger partial charge in [0.2, 0.25) is 10.0 Å². The number of nitrogens with two attached hydrogens (primary N) is 1. The van der Waals surface area contributed by atoms with Crippen LogP contribution in [0.25, 0.3) is 0 Å². The summed E-state index contributed by atoms with van der Waals surface area (Å²) in [6.45, 7) is 3.98. The molecule has 0 amide bonds. The van der Waals surface area contributed by atoms with Gasteiger partial charge in [-0.1, -0.05) is 0 Å². The largest absolute Gasteiger partial charge is 0.326 e. The molecule has 1 atom stereocenters. The van der Waals surface area contributed by atoms with E-state index < -0.39 is 15.8 Å². The van der Waals surface area contributed by atoms with Crippen LogP contribution >= 0.6 is 12.4 Å². The van der Waals surface area contributed by atoms with Crippen molar-refractivity contribution in [3.63, 3.8) is 0 Å². The van der Waals surface area contributed by atoms with Gasteiger partial charge in [-0.15, -0.1) is 12.4 Å². The van der Waals surface area contributed by atoms with E-state index in [1.165, 1.54) is 16.4 Å². The Labute approximate surface area is 119 Å². The number of hydrogen-bond donors (Lipinski definition) is 1. The molecule has 19 heavy (non-hydrogen) atoms. The van der Waals surface area contributed by atoms with Gasteiger partial charge in [0.25, 0.3) is 0 Å². The third-order valence-corrected chi connectivity index (χ3v) is 5.38. The van der Waals surface area contributed by atoms with Crippen molar-refractivity contribution < 1.29 is 12.8 Å². The monoisotopic (exact) mass is 308 g/mol. The molecule has 1 aromatic carbocycles. The number of nitrogens with zero attached hydrogens (tertiary/aromatic N) is 1. The lowest BCUT2D eigenvalue weighted by atomic mass is 10.1. The Morgan fingerprint density at radius 2 is 1.84 bits per heavy atom. The van der Waals surface area contributed by atoms with Crippen molar-refractivity contribution >= 4 is 22.4 Å². The van der Waals surface area contributed by atoms with Crippen LogP contribution in [0.1, 0.15) is 17.5 Å². The number of rotatable bonds is 2. The van der Waals surface area contributed by atoms with Gasteiger partial charge in [0, 0.05) is 19.1 Å². The van der Waals surface area contributed by atoms with Crippen molar-refractivity contribution in [2.75, 3.05) is 13.1 Å². The molecule has 0 spiro atoms. The summed E-state index contributed by atoms with van der Waals surface area (Å²) in [5.74, 6) is -0.415. The predicted octanol–water partition coefficient (Wildman–Crippen LogP) is 1.59. The first kappa shape index (κ1) is 16.4. The van der Waals surface area contributed by atoms with E-state index in [0.717, 1.165) is 0 Å². The second kappa shape index (κ2) is 5.75. The van der Waals surface area contributed by atoms with Crippen LogP contribution in [0.15, 0.2) is 17.0 Å². The van der Waals surface area contributed by atoms with E-state index in [9.17, 15) is 12.8 Å². The van der Waals surface area contributed by atoms with Crippen LogP contribution in [0.4, 0.5) is 4.39 Å². The Kier molecular flexibility index (Phi) is 4.95. The summed E-state index contributed by atoms with van der Waals surface area (Å²) in [5.41, 5.74) is 6.61. The summed E-state index contributed by atoms with van der Waals surface area (Å²) >= 11 is 0. The number of hydrogen-bond acceptors (Lipinski definition) is 3. The third-order valence-electron chi connectivity index (χ3n) is 3.21. The fraction of sp³-hybridized carbons (Fsp3) is 0.500. The van der Waals surface area contributed by atoms with Gasteiger partial charge in [0.05, 0.1) is 4.90 Å². The molecule has 0 saturated carbocycles. The highest BCUT2D eigenvalue weighted by Gasteiger charge is 2.33. The van der Waals surface area contributed by atoms with Crippen molar-refractivity contribution in [2.45, 2.75) is 31.2 Å². The summed E-state index contributed by atoms with van der Waals surface area (Å²) in [6.07, 6.45) is 0.665. The minimum absolute atomic E-state index is 0. The minimum atomic E-state index is -3.56. The Bertz CT molecular complexity index is 554. The van der Waals surface area contributed by atoms with Gasteiger partial charge in [-0.2, -0.15) is 4.31 Å². The van der Waals surface area contributed by atoms with E-state index in [-0.39, 0.29) is 23.3 Å². The Hall–Kier alpha value is -0.690. The average Bonchev–Trinajstić information content (AvgIpc) is 2.63. The molecule has 1 unspecified atom stereocenters. The van der Waals surface area contributed by atoms with Crippen LogP contribution < -0.4 is 5.73 Å². The summed E-state index contributed by atoms with van der Waals surface area (Å²) in [6, 6.07) is 2.38. The highest BCUT2D eigenvalue weighted by Crippen LogP contribution is 2.27. The highest BCUT2D eigenvalue weighted by molar-refractivity contribution is 7.89. The maximum atomic E-state index is 13.2. The lowest BCUT2D eigenvalue weighted by Gasteiger charge is -2.19. The zero-order chi connectivity index (χ0) is 13.5. The lowest BCUT2D eigenvalue weighted by molar-refractivity contribution is 0.471. The third kappa shape index (κ3) is 3.08. The zero-order valence-corrected chi connectivity index (χ0v) is 12.5. The molecule has 0 radical (unpaired) electrons. The normalized spacial score (nSPS) is 20.3. The predicted molar refractivity (Wildman–Crippen MR) is 74.5 cm³/mol. The summed E-state index contributed by atoms with van der Waals surface area (Å²) in [7, 11) is -3.56. The van der Waals surface area contributed by atoms with Crippen LogP contribution in [-0.4, -0.2) is 31.9 Å². The Morgan fingerprint density at radius 1 is 1.32 bits per heavy atom. The van der Waals surface area contributed by atoms with Crippen molar-refractivity contribution in [3.05, 3.63) is 29.1 Å². The topological polar surface area (TPSA) is 63.4 Å². The minimum Gasteiger partial charge on any atom is -0.326 e. The van der Waals surface area contributed by atoms with Crippen LogP contribution in [0.3, 0.4) is 0 Å². The maximum absolute atomic E-state index is 13.2. The molecule has 1 aliphatic rings. The van der Waals surface area contributed by atoms with Gasteiger partial charge in [-0.05, 0) is 43.5 Å². The van der Waals surface area contributed by atoms with E-state index in [4.69, 9.17) is 5.73 Å². The van der Waals surface area contributed by atoms with Gasteiger partial charge in [-0.3, -0.25) is 0 Å². The first-order chi connectivity index (χ1) is 8.32. The molecule has 7 heteroatoms. The van der Waals surface area contributed by atoms with Crippen molar-refractivity contribution in [2.24, 2.45) is 5.73 Å². The van der Waals surface area contributed by atoms with E-state index in [1.807, 2.05) is 0 Å². The molecule has 2 rings (SSSR count). The van der Waals surface area contributed by atoms with Gasteiger partial charge in [0.15, 0.2) is 0 Å². The van der Waals surface area contributed by atoms with Crippen molar-refractivity contribution in [1.82, 2.24) is 4.31 Å². The van der Waals surface area contributed by atoms with Gasteiger partial charge in [-0.25, -0.2) is 12.8 Å². The molecule has 1 fully saturated rings. The first-order valence-corrected chi connectivity index (χ1v) is 7.29. The summed E-state index contributed by atoms with van der Waals surface area (Å²) in [5, 5.41) is 0. The Morgan fingerprint density at radius 3 is 2.26 bits per heavy atom. The number of aryl methyl sites for hydroxylation is 2. The molecule has 1 aromatic rings. The SMILES string of the molecule is Cc1cc(F)cc(C)c1S(=O)(=O)N1CCC(N)C1.Cl. The number of sulfonamides is 1. The molecule has 1 heterocycles. The van der Waals surface area contributed by atoms with E-state index >= 15 is 0 Å². The van der Waals surface area contributed by atoms with E-state index in [0.29, 0.717) is 30.6 Å². The average molecular weight is 309 g/mol. The van der Waals surface area contributed by atoms with Crippen LogP contribution in [0.5, 0.6) is 0 Å². The second-order valence-electron chi connectivity index (χ2n) is 4.78. The van der Waals surface area contributed by atoms with Crippen LogP contribution in [-0.2, 0) is 10.0 Å². The number of halogens is 2. The van der Waals surface area contributed by atoms with Crippen molar-refractivity contribution in [1.29, 1.82) is 0 Å². The fourth-order valence-electron chi connectivity index (χ4n) is 2.41. The lowest BCUT2D eigenvalue weighted by Crippen LogP contribution is -2.32. The molecular formula is C12H18ClFN2O2S. The van der Waals surface area contributed by atoms with E-state index in [1.54, 1.807) is 13.8 Å². The van der Waals surface area contributed by atoms with Gasteiger partial charge < -0.3 is 5.73 Å². The highest BCUT2D eigenvalue weighted by atomic mass is 35.5. The second-order valence-corrected chi connectivity index (χ2v) is 6.66. The molecule has 0 aliphatic carbocycles. The molecular weight excluding hydrogens is 291 g/mol. The molecule has 0 aromatic heterocycles. The Balaban J connectivity index is 0.00000180. The quantitative estimate of drug-likeness (QED) is 0.902. The fourth-order valence-corrected chi connectivity index (χ4v) is 4.33.